The molecule has 0 atom stereocenters. The summed E-state index contributed by atoms with van der Waals surface area (Å²) in [6, 6.07) is 22.9. The van der Waals surface area contributed by atoms with Crippen molar-refractivity contribution in [3.63, 3.8) is 0 Å². The summed E-state index contributed by atoms with van der Waals surface area (Å²) in [6.45, 7) is -0.0640. The number of aromatic nitrogens is 1. The lowest BCUT2D eigenvalue weighted by molar-refractivity contribution is -0.116. The van der Waals surface area contributed by atoms with Crippen molar-refractivity contribution < 1.29 is 13.6 Å². The molecule has 1 amide bonds. The zero-order valence-corrected chi connectivity index (χ0v) is 14.3. The number of benzene rings is 3. The molecule has 0 aliphatic heterocycles. The van der Waals surface area contributed by atoms with Crippen LogP contribution in [0.3, 0.4) is 0 Å². The van der Waals surface area contributed by atoms with Crippen molar-refractivity contribution >= 4 is 22.5 Å². The van der Waals surface area contributed by atoms with E-state index in [1.165, 1.54) is 6.07 Å². The molecule has 1 aromatic heterocycles. The monoisotopic (exact) mass is 362 g/mol. The van der Waals surface area contributed by atoms with Crippen molar-refractivity contribution in [1.82, 2.24) is 4.57 Å². The molecule has 4 aromatic rings. The standard InChI is InChI=1S/C22H16F2N2O/c23-17-10-6-11-18(24)22(17)25-21(27)14-26-19-12-5-4-9-16(19)13-20(26)15-7-2-1-3-8-15/h1-13H,14H2,(H,25,27). The molecule has 134 valence electrons. The number of carbonyl (C=O) groups is 1. The van der Waals surface area contributed by atoms with Crippen LogP contribution in [-0.2, 0) is 11.3 Å². The zero-order chi connectivity index (χ0) is 18.8. The van der Waals surface area contributed by atoms with Gasteiger partial charge < -0.3 is 9.88 Å². The Balaban J connectivity index is 1.72. The third kappa shape index (κ3) is 3.31. The van der Waals surface area contributed by atoms with Crippen LogP contribution >= 0.6 is 0 Å². The van der Waals surface area contributed by atoms with E-state index in [4.69, 9.17) is 0 Å². The highest BCUT2D eigenvalue weighted by Gasteiger charge is 2.16. The Morgan fingerprint density at radius 3 is 2.26 bits per heavy atom. The first-order valence-corrected chi connectivity index (χ1v) is 8.51. The minimum atomic E-state index is -0.802. The topological polar surface area (TPSA) is 34.0 Å². The number of rotatable bonds is 4. The summed E-state index contributed by atoms with van der Waals surface area (Å²) in [6.07, 6.45) is 0. The van der Waals surface area contributed by atoms with E-state index in [0.29, 0.717) is 0 Å². The fourth-order valence-electron chi connectivity index (χ4n) is 3.17. The van der Waals surface area contributed by atoms with Crippen molar-refractivity contribution in [2.24, 2.45) is 0 Å². The van der Waals surface area contributed by atoms with Gasteiger partial charge >= 0.3 is 0 Å². The number of fused-ring (bicyclic) bond motifs is 1. The number of nitrogens with one attached hydrogen (secondary N) is 1. The van der Waals surface area contributed by atoms with E-state index in [1.54, 1.807) is 0 Å². The molecule has 0 aliphatic rings. The molecule has 3 nitrogen and oxygen atoms in total. The third-order valence-corrected chi connectivity index (χ3v) is 4.41. The maximum atomic E-state index is 13.8. The zero-order valence-electron chi connectivity index (χ0n) is 14.3. The van der Waals surface area contributed by atoms with Gasteiger partial charge in [0, 0.05) is 16.6 Å². The molecule has 1 N–H and O–H groups in total. The molecular weight excluding hydrogens is 346 g/mol. The molecule has 0 unspecified atom stereocenters. The van der Waals surface area contributed by atoms with Crippen molar-refractivity contribution in [2.45, 2.75) is 6.54 Å². The second-order valence-electron chi connectivity index (χ2n) is 6.19. The summed E-state index contributed by atoms with van der Waals surface area (Å²) in [4.78, 5) is 12.5. The van der Waals surface area contributed by atoms with E-state index < -0.39 is 23.2 Å². The molecule has 0 spiro atoms. The molecule has 0 saturated carbocycles. The number of amides is 1. The number of carbonyl (C=O) groups excluding carboxylic acids is 1. The first kappa shape index (κ1) is 17.0. The number of hydrogen-bond donors (Lipinski definition) is 1. The quantitative estimate of drug-likeness (QED) is 0.530. The molecule has 27 heavy (non-hydrogen) atoms. The number of anilines is 1. The summed E-state index contributed by atoms with van der Waals surface area (Å²) in [5.74, 6) is -2.11. The summed E-state index contributed by atoms with van der Waals surface area (Å²) in [5, 5.41) is 3.34. The number of hydrogen-bond acceptors (Lipinski definition) is 1. The van der Waals surface area contributed by atoms with Crippen LogP contribution in [0.25, 0.3) is 22.2 Å². The Bertz CT molecular complexity index is 1100. The lowest BCUT2D eigenvalue weighted by Crippen LogP contribution is -2.20. The lowest BCUT2D eigenvalue weighted by Gasteiger charge is -2.12. The molecule has 3 aromatic carbocycles. The number of para-hydroxylation sites is 2. The van der Waals surface area contributed by atoms with Crippen LogP contribution in [0.5, 0.6) is 0 Å². The Morgan fingerprint density at radius 1 is 0.852 bits per heavy atom. The van der Waals surface area contributed by atoms with Gasteiger partial charge in [0.15, 0.2) is 0 Å². The van der Waals surface area contributed by atoms with Crippen molar-refractivity contribution in [1.29, 1.82) is 0 Å². The summed E-state index contributed by atoms with van der Waals surface area (Å²) < 4.78 is 29.5. The van der Waals surface area contributed by atoms with E-state index in [-0.39, 0.29) is 6.54 Å². The first-order valence-electron chi connectivity index (χ1n) is 8.51. The largest absolute Gasteiger partial charge is 0.331 e. The third-order valence-electron chi connectivity index (χ3n) is 4.41. The Hall–Kier alpha value is -3.47. The molecular formula is C22H16F2N2O. The van der Waals surface area contributed by atoms with E-state index in [9.17, 15) is 13.6 Å². The molecule has 0 fully saturated rings. The average Bonchev–Trinajstić information content (AvgIpc) is 3.04. The second-order valence-corrected chi connectivity index (χ2v) is 6.19. The normalized spacial score (nSPS) is 10.9. The molecule has 0 saturated heterocycles. The molecule has 5 heteroatoms. The van der Waals surface area contributed by atoms with Crippen LogP contribution < -0.4 is 5.32 Å². The molecule has 0 bridgehead atoms. The van der Waals surface area contributed by atoms with Crippen LogP contribution in [0.2, 0.25) is 0 Å². The first-order chi connectivity index (χ1) is 13.1. The van der Waals surface area contributed by atoms with Crippen LogP contribution in [0.15, 0.2) is 78.9 Å². The van der Waals surface area contributed by atoms with E-state index >= 15 is 0 Å². The van der Waals surface area contributed by atoms with Gasteiger partial charge in [-0.05, 0) is 29.8 Å². The highest BCUT2D eigenvalue weighted by Crippen LogP contribution is 2.28. The van der Waals surface area contributed by atoms with Gasteiger partial charge in [0.05, 0.1) is 0 Å². The summed E-state index contributed by atoms with van der Waals surface area (Å²) in [7, 11) is 0. The summed E-state index contributed by atoms with van der Waals surface area (Å²) in [5.41, 5.74) is 2.26. The smallest absolute Gasteiger partial charge is 0.244 e. The van der Waals surface area contributed by atoms with E-state index in [2.05, 4.69) is 5.32 Å². The summed E-state index contributed by atoms with van der Waals surface area (Å²) >= 11 is 0. The molecule has 0 radical (unpaired) electrons. The number of halogens is 2. The van der Waals surface area contributed by atoms with Crippen molar-refractivity contribution in [2.75, 3.05) is 5.32 Å². The fraction of sp³-hybridized carbons (Fsp3) is 0.0455. The van der Waals surface area contributed by atoms with Gasteiger partial charge in [0.25, 0.3) is 0 Å². The van der Waals surface area contributed by atoms with Crippen LogP contribution in [0.4, 0.5) is 14.5 Å². The van der Waals surface area contributed by atoms with Gasteiger partial charge in [-0.3, -0.25) is 4.79 Å². The Kier molecular flexibility index (Phi) is 4.42. The Labute approximate surface area is 154 Å². The molecule has 0 aliphatic carbocycles. The van der Waals surface area contributed by atoms with Gasteiger partial charge in [-0.25, -0.2) is 8.78 Å². The van der Waals surface area contributed by atoms with Gasteiger partial charge in [-0.1, -0.05) is 54.6 Å². The second kappa shape index (κ2) is 7.03. The van der Waals surface area contributed by atoms with Gasteiger partial charge in [0.1, 0.15) is 23.9 Å². The van der Waals surface area contributed by atoms with Crippen molar-refractivity contribution in [3.05, 3.63) is 90.5 Å². The van der Waals surface area contributed by atoms with Gasteiger partial charge in [-0.15, -0.1) is 0 Å². The molecule has 1 heterocycles. The van der Waals surface area contributed by atoms with E-state index in [0.717, 1.165) is 34.3 Å². The van der Waals surface area contributed by atoms with Crippen LogP contribution in [0, 0.1) is 11.6 Å². The predicted octanol–water partition coefficient (Wildman–Crippen LogP) is 5.23. The minimum absolute atomic E-state index is 0.0640. The highest BCUT2D eigenvalue weighted by molar-refractivity contribution is 5.94. The SMILES string of the molecule is O=C(Cn1c(-c2ccccc2)cc2ccccc21)Nc1c(F)cccc1F. The van der Waals surface area contributed by atoms with Crippen molar-refractivity contribution in [3.8, 4) is 11.3 Å². The average molecular weight is 362 g/mol. The lowest BCUT2D eigenvalue weighted by atomic mass is 10.1. The maximum absolute atomic E-state index is 13.8. The van der Waals surface area contributed by atoms with Gasteiger partial charge in [0.2, 0.25) is 5.91 Å². The predicted molar refractivity (Wildman–Crippen MR) is 102 cm³/mol. The highest BCUT2D eigenvalue weighted by atomic mass is 19.1. The fourth-order valence-corrected chi connectivity index (χ4v) is 3.17. The number of nitrogens with zero attached hydrogens (tertiary/aromatic N) is 1. The van der Waals surface area contributed by atoms with Crippen LogP contribution in [-0.4, -0.2) is 10.5 Å². The molecule has 4 rings (SSSR count). The van der Waals surface area contributed by atoms with Gasteiger partial charge in [-0.2, -0.15) is 0 Å². The van der Waals surface area contributed by atoms with E-state index in [1.807, 2.05) is 65.2 Å². The minimum Gasteiger partial charge on any atom is -0.331 e. The Morgan fingerprint density at radius 2 is 1.52 bits per heavy atom. The van der Waals surface area contributed by atoms with Crippen LogP contribution in [0.1, 0.15) is 0 Å². The maximum Gasteiger partial charge on any atom is 0.244 e.